The highest BCUT2D eigenvalue weighted by molar-refractivity contribution is 5.92. The Morgan fingerprint density at radius 3 is 2.74 bits per heavy atom. The van der Waals surface area contributed by atoms with Crippen LogP contribution in [-0.2, 0) is 11.2 Å². The van der Waals surface area contributed by atoms with Gasteiger partial charge in [-0.05, 0) is 36.6 Å². The van der Waals surface area contributed by atoms with E-state index < -0.39 is 0 Å². The predicted molar refractivity (Wildman–Crippen MR) is 71.8 cm³/mol. The molecule has 2 rings (SSSR count). The van der Waals surface area contributed by atoms with Gasteiger partial charge in [0.15, 0.2) is 0 Å². The molecule has 2 aromatic rings. The van der Waals surface area contributed by atoms with Gasteiger partial charge in [0.2, 0.25) is 5.91 Å². The number of carbonyl (C=O) groups is 1. The van der Waals surface area contributed by atoms with E-state index in [-0.39, 0.29) is 11.7 Å². The second-order valence-corrected chi connectivity index (χ2v) is 4.32. The van der Waals surface area contributed by atoms with Crippen LogP contribution in [-0.4, -0.2) is 21.0 Å². The number of benzene rings is 1. The molecule has 98 valence electrons. The van der Waals surface area contributed by atoms with Crippen molar-refractivity contribution in [1.82, 2.24) is 9.97 Å². The average molecular weight is 257 g/mol. The highest BCUT2D eigenvalue weighted by Gasteiger charge is 2.07. The third kappa shape index (κ3) is 3.77. The Bertz CT molecular complexity index is 570. The fraction of sp³-hybridized carbons (Fsp3) is 0.214. The lowest BCUT2D eigenvalue weighted by atomic mass is 10.1. The van der Waals surface area contributed by atoms with Crippen LogP contribution in [0.15, 0.2) is 36.9 Å². The topological polar surface area (TPSA) is 75.1 Å². The van der Waals surface area contributed by atoms with Crippen LogP contribution in [0.5, 0.6) is 5.75 Å². The first-order valence-corrected chi connectivity index (χ1v) is 5.98. The lowest BCUT2D eigenvalue weighted by Gasteiger charge is -2.07. The number of amides is 1. The van der Waals surface area contributed by atoms with Crippen molar-refractivity contribution in [2.75, 3.05) is 5.32 Å². The quantitative estimate of drug-likeness (QED) is 0.822. The van der Waals surface area contributed by atoms with Crippen molar-refractivity contribution in [3.05, 3.63) is 48.0 Å². The fourth-order valence-corrected chi connectivity index (χ4v) is 1.68. The van der Waals surface area contributed by atoms with Crippen molar-refractivity contribution in [3.63, 3.8) is 0 Å². The van der Waals surface area contributed by atoms with Gasteiger partial charge in [-0.2, -0.15) is 0 Å². The minimum Gasteiger partial charge on any atom is -0.506 e. The minimum atomic E-state index is -0.150. The standard InChI is InChI=1S/C14H15N3O2/c1-10-2-4-12(13(18)6-10)17-14(19)5-3-11-7-15-9-16-8-11/h2,4,6-9,18H,3,5H2,1H3,(H,17,19). The van der Waals surface area contributed by atoms with Crippen molar-refractivity contribution < 1.29 is 9.90 Å². The number of nitrogens with one attached hydrogen (secondary N) is 1. The fourth-order valence-electron chi connectivity index (χ4n) is 1.68. The first-order chi connectivity index (χ1) is 9.15. The third-order valence-electron chi connectivity index (χ3n) is 2.68. The summed E-state index contributed by atoms with van der Waals surface area (Å²) in [5.41, 5.74) is 2.28. The van der Waals surface area contributed by atoms with E-state index in [1.54, 1.807) is 24.5 Å². The molecule has 0 spiro atoms. The van der Waals surface area contributed by atoms with Gasteiger partial charge in [-0.15, -0.1) is 0 Å². The smallest absolute Gasteiger partial charge is 0.224 e. The van der Waals surface area contributed by atoms with E-state index in [0.717, 1.165) is 11.1 Å². The maximum Gasteiger partial charge on any atom is 0.224 e. The van der Waals surface area contributed by atoms with Crippen LogP contribution in [0.25, 0.3) is 0 Å². The van der Waals surface area contributed by atoms with Gasteiger partial charge < -0.3 is 10.4 Å². The number of carbonyl (C=O) groups excluding carboxylic acids is 1. The van der Waals surface area contributed by atoms with Gasteiger partial charge in [0.1, 0.15) is 12.1 Å². The Labute approximate surface area is 111 Å². The summed E-state index contributed by atoms with van der Waals surface area (Å²) in [4.78, 5) is 19.5. The molecule has 1 aromatic heterocycles. The summed E-state index contributed by atoms with van der Waals surface area (Å²) in [7, 11) is 0. The van der Waals surface area contributed by atoms with Gasteiger partial charge in [0, 0.05) is 18.8 Å². The summed E-state index contributed by atoms with van der Waals surface area (Å²) in [6.45, 7) is 1.88. The number of rotatable bonds is 4. The summed E-state index contributed by atoms with van der Waals surface area (Å²) in [5, 5.41) is 12.4. The van der Waals surface area contributed by atoms with E-state index in [1.807, 2.05) is 13.0 Å². The molecule has 0 unspecified atom stereocenters. The number of aromatic nitrogens is 2. The van der Waals surface area contributed by atoms with E-state index in [9.17, 15) is 9.90 Å². The second-order valence-electron chi connectivity index (χ2n) is 4.32. The maximum absolute atomic E-state index is 11.8. The maximum atomic E-state index is 11.8. The van der Waals surface area contributed by atoms with Gasteiger partial charge in [-0.1, -0.05) is 6.07 Å². The number of hydrogen-bond acceptors (Lipinski definition) is 4. The van der Waals surface area contributed by atoms with Crippen LogP contribution in [0.4, 0.5) is 5.69 Å². The minimum absolute atomic E-state index is 0.0800. The van der Waals surface area contributed by atoms with E-state index >= 15 is 0 Å². The molecule has 0 saturated carbocycles. The monoisotopic (exact) mass is 257 g/mol. The normalized spacial score (nSPS) is 10.2. The summed E-state index contributed by atoms with van der Waals surface area (Å²) in [5.74, 6) is -0.0700. The molecule has 0 aliphatic carbocycles. The highest BCUT2D eigenvalue weighted by Crippen LogP contribution is 2.23. The molecule has 5 nitrogen and oxygen atoms in total. The van der Waals surface area contributed by atoms with Crippen LogP contribution in [0.1, 0.15) is 17.5 Å². The van der Waals surface area contributed by atoms with Crippen LogP contribution in [0.3, 0.4) is 0 Å². The van der Waals surface area contributed by atoms with Crippen molar-refractivity contribution in [3.8, 4) is 5.75 Å². The zero-order valence-electron chi connectivity index (χ0n) is 10.6. The van der Waals surface area contributed by atoms with Gasteiger partial charge in [0.05, 0.1) is 5.69 Å². The Balaban J connectivity index is 1.91. The lowest BCUT2D eigenvalue weighted by molar-refractivity contribution is -0.116. The molecule has 1 aromatic carbocycles. The molecular formula is C14H15N3O2. The molecule has 0 fully saturated rings. The number of anilines is 1. The number of aromatic hydroxyl groups is 1. The molecule has 0 bridgehead atoms. The van der Waals surface area contributed by atoms with Gasteiger partial charge in [0.25, 0.3) is 0 Å². The zero-order chi connectivity index (χ0) is 13.7. The average Bonchev–Trinajstić information content (AvgIpc) is 2.41. The Hall–Kier alpha value is -2.43. The summed E-state index contributed by atoms with van der Waals surface area (Å²) < 4.78 is 0. The summed E-state index contributed by atoms with van der Waals surface area (Å²) in [6.07, 6.45) is 5.71. The molecule has 0 radical (unpaired) electrons. The van der Waals surface area contributed by atoms with E-state index in [4.69, 9.17) is 0 Å². The third-order valence-corrected chi connectivity index (χ3v) is 2.68. The number of phenols is 1. The Morgan fingerprint density at radius 2 is 2.05 bits per heavy atom. The number of nitrogens with zero attached hydrogens (tertiary/aromatic N) is 2. The molecule has 19 heavy (non-hydrogen) atoms. The van der Waals surface area contributed by atoms with Crippen molar-refractivity contribution in [2.24, 2.45) is 0 Å². The number of hydrogen-bond donors (Lipinski definition) is 2. The molecule has 0 aliphatic heterocycles. The van der Waals surface area contributed by atoms with Crippen LogP contribution in [0, 0.1) is 6.92 Å². The molecule has 2 N–H and O–H groups in total. The molecule has 0 aliphatic rings. The first kappa shape index (κ1) is 13.0. The summed E-state index contributed by atoms with van der Waals surface area (Å²) in [6, 6.07) is 5.13. The molecule has 0 atom stereocenters. The van der Waals surface area contributed by atoms with Crippen LogP contribution in [0.2, 0.25) is 0 Å². The SMILES string of the molecule is Cc1ccc(NC(=O)CCc2cncnc2)c(O)c1. The first-order valence-electron chi connectivity index (χ1n) is 5.98. The lowest BCUT2D eigenvalue weighted by Crippen LogP contribution is -2.12. The zero-order valence-corrected chi connectivity index (χ0v) is 10.6. The molecular weight excluding hydrogens is 242 g/mol. The van der Waals surface area contributed by atoms with Gasteiger partial charge in [-0.3, -0.25) is 4.79 Å². The predicted octanol–water partition coefficient (Wildman–Crippen LogP) is 2.06. The molecule has 0 saturated heterocycles. The van der Waals surface area contributed by atoms with Crippen molar-refractivity contribution >= 4 is 11.6 Å². The van der Waals surface area contributed by atoms with Crippen molar-refractivity contribution in [2.45, 2.75) is 19.8 Å². The van der Waals surface area contributed by atoms with Crippen LogP contribution < -0.4 is 5.32 Å². The van der Waals surface area contributed by atoms with E-state index in [0.29, 0.717) is 18.5 Å². The van der Waals surface area contributed by atoms with Crippen LogP contribution >= 0.6 is 0 Å². The molecule has 1 amide bonds. The van der Waals surface area contributed by atoms with Crippen molar-refractivity contribution in [1.29, 1.82) is 0 Å². The summed E-state index contributed by atoms with van der Waals surface area (Å²) >= 11 is 0. The Morgan fingerprint density at radius 1 is 1.32 bits per heavy atom. The largest absolute Gasteiger partial charge is 0.506 e. The van der Waals surface area contributed by atoms with Gasteiger partial charge >= 0.3 is 0 Å². The highest BCUT2D eigenvalue weighted by atomic mass is 16.3. The van der Waals surface area contributed by atoms with E-state index in [1.165, 1.54) is 6.33 Å². The molecule has 1 heterocycles. The molecule has 5 heteroatoms. The van der Waals surface area contributed by atoms with E-state index in [2.05, 4.69) is 15.3 Å². The van der Waals surface area contributed by atoms with Gasteiger partial charge in [-0.25, -0.2) is 9.97 Å². The number of aryl methyl sites for hydroxylation is 2. The second kappa shape index (κ2) is 5.95. The Kier molecular flexibility index (Phi) is 4.07. The number of phenolic OH excluding ortho intramolecular Hbond substituents is 1.